The quantitative estimate of drug-likeness (QED) is 0.930. The van der Waals surface area contributed by atoms with Crippen LogP contribution in [0.25, 0.3) is 0 Å². The molecule has 0 saturated carbocycles. The summed E-state index contributed by atoms with van der Waals surface area (Å²) in [5, 5.41) is 19.0. The Kier molecular flexibility index (Phi) is 4.02. The molecule has 0 spiro atoms. The van der Waals surface area contributed by atoms with Crippen molar-refractivity contribution in [2.24, 2.45) is 0 Å². The van der Waals surface area contributed by atoms with E-state index in [0.717, 1.165) is 6.07 Å². The summed E-state index contributed by atoms with van der Waals surface area (Å²) < 4.78 is 18.8. The zero-order valence-electron chi connectivity index (χ0n) is 11.0. The lowest BCUT2D eigenvalue weighted by molar-refractivity contribution is 0.00750. The highest BCUT2D eigenvalue weighted by molar-refractivity contribution is 5.36. The molecule has 0 aromatic heterocycles. The number of rotatable bonds is 4. The molecule has 0 aliphatic rings. The lowest BCUT2D eigenvalue weighted by Crippen LogP contribution is -2.29. The Hall–Kier alpha value is -2.38. The van der Waals surface area contributed by atoms with Gasteiger partial charge in [-0.2, -0.15) is 5.26 Å². The molecular formula is C16H14FNO2. The Labute approximate surface area is 116 Å². The number of aliphatic hydroxyl groups is 1. The van der Waals surface area contributed by atoms with Crippen molar-refractivity contribution < 1.29 is 14.2 Å². The van der Waals surface area contributed by atoms with Gasteiger partial charge in [0, 0.05) is 6.07 Å². The van der Waals surface area contributed by atoms with Gasteiger partial charge < -0.3 is 9.84 Å². The molecule has 0 aliphatic heterocycles. The third-order valence-electron chi connectivity index (χ3n) is 2.98. The molecule has 0 fully saturated rings. The van der Waals surface area contributed by atoms with Gasteiger partial charge >= 0.3 is 0 Å². The second-order valence-corrected chi connectivity index (χ2v) is 4.68. The van der Waals surface area contributed by atoms with E-state index in [-0.39, 0.29) is 17.9 Å². The summed E-state index contributed by atoms with van der Waals surface area (Å²) in [6, 6.07) is 14.8. The van der Waals surface area contributed by atoms with Crippen molar-refractivity contribution in [1.82, 2.24) is 0 Å². The molecule has 0 saturated heterocycles. The van der Waals surface area contributed by atoms with E-state index >= 15 is 0 Å². The van der Waals surface area contributed by atoms with E-state index in [1.807, 2.05) is 18.2 Å². The third-order valence-corrected chi connectivity index (χ3v) is 2.98. The molecule has 1 N–H and O–H groups in total. The van der Waals surface area contributed by atoms with Crippen LogP contribution in [-0.4, -0.2) is 11.7 Å². The first-order valence-electron chi connectivity index (χ1n) is 6.13. The average molecular weight is 271 g/mol. The van der Waals surface area contributed by atoms with Crippen LogP contribution in [0.4, 0.5) is 4.39 Å². The number of nitrogens with zero attached hydrogens (tertiary/aromatic N) is 1. The van der Waals surface area contributed by atoms with Crippen LogP contribution in [0.1, 0.15) is 18.1 Å². The van der Waals surface area contributed by atoms with E-state index in [4.69, 9.17) is 10.00 Å². The zero-order chi connectivity index (χ0) is 14.6. The van der Waals surface area contributed by atoms with Gasteiger partial charge in [-0.25, -0.2) is 4.39 Å². The van der Waals surface area contributed by atoms with Crippen LogP contribution in [0.3, 0.4) is 0 Å². The van der Waals surface area contributed by atoms with E-state index < -0.39 is 11.4 Å². The Balaban J connectivity index is 2.09. The Morgan fingerprint density at radius 1 is 1.25 bits per heavy atom. The molecule has 102 valence electrons. The summed E-state index contributed by atoms with van der Waals surface area (Å²) in [5.41, 5.74) is -0.493. The van der Waals surface area contributed by atoms with Crippen molar-refractivity contribution in [2.45, 2.75) is 12.5 Å². The first-order valence-corrected chi connectivity index (χ1v) is 6.13. The summed E-state index contributed by atoms with van der Waals surface area (Å²) >= 11 is 0. The Morgan fingerprint density at radius 2 is 1.95 bits per heavy atom. The van der Waals surface area contributed by atoms with Crippen LogP contribution < -0.4 is 4.74 Å². The lowest BCUT2D eigenvalue weighted by atomic mass is 9.97. The predicted molar refractivity (Wildman–Crippen MR) is 72.6 cm³/mol. The summed E-state index contributed by atoms with van der Waals surface area (Å²) in [6.45, 7) is 1.62. The van der Waals surface area contributed by atoms with Crippen molar-refractivity contribution >= 4 is 0 Å². The highest BCUT2D eigenvalue weighted by atomic mass is 19.1. The molecule has 0 heterocycles. The number of halogens is 1. The van der Waals surface area contributed by atoms with Crippen molar-refractivity contribution in [3.8, 4) is 11.8 Å². The maximum absolute atomic E-state index is 13.4. The van der Waals surface area contributed by atoms with Crippen LogP contribution >= 0.6 is 0 Å². The molecule has 4 heteroatoms. The second-order valence-electron chi connectivity index (χ2n) is 4.68. The number of nitriles is 1. The number of benzene rings is 2. The third kappa shape index (κ3) is 3.14. The fraction of sp³-hybridized carbons (Fsp3) is 0.188. The molecule has 0 amide bonds. The van der Waals surface area contributed by atoms with Crippen LogP contribution in [0.15, 0.2) is 48.5 Å². The fourth-order valence-electron chi connectivity index (χ4n) is 1.78. The molecule has 2 rings (SSSR count). The maximum atomic E-state index is 13.4. The van der Waals surface area contributed by atoms with Crippen LogP contribution in [-0.2, 0) is 5.60 Å². The minimum Gasteiger partial charge on any atom is -0.490 e. The van der Waals surface area contributed by atoms with Crippen molar-refractivity contribution in [1.29, 1.82) is 5.26 Å². The van der Waals surface area contributed by atoms with Gasteiger partial charge in [0.15, 0.2) is 0 Å². The van der Waals surface area contributed by atoms with Gasteiger partial charge in [-0.1, -0.05) is 30.3 Å². The second kappa shape index (κ2) is 5.72. The molecule has 2 aromatic carbocycles. The molecule has 1 unspecified atom stereocenters. The monoisotopic (exact) mass is 271 g/mol. The Bertz CT molecular complexity index is 633. The lowest BCUT2D eigenvalue weighted by Gasteiger charge is -2.24. The van der Waals surface area contributed by atoms with Gasteiger partial charge in [0.2, 0.25) is 0 Å². The number of hydrogen-bond donors (Lipinski definition) is 1. The smallest absolute Gasteiger partial charge is 0.144 e. The van der Waals surface area contributed by atoms with E-state index in [2.05, 4.69) is 0 Å². The van der Waals surface area contributed by atoms with Crippen molar-refractivity contribution in [2.75, 3.05) is 6.61 Å². The van der Waals surface area contributed by atoms with Crippen molar-refractivity contribution in [3.05, 3.63) is 65.5 Å². The molecule has 0 bridgehead atoms. The molecule has 3 nitrogen and oxygen atoms in total. The predicted octanol–water partition coefficient (Wildman–Crippen LogP) is 2.98. The first-order chi connectivity index (χ1) is 9.53. The van der Waals surface area contributed by atoms with Gasteiger partial charge in [0.25, 0.3) is 0 Å². The van der Waals surface area contributed by atoms with Crippen LogP contribution in [0, 0.1) is 17.1 Å². The molecule has 0 aliphatic carbocycles. The SMILES string of the molecule is CC(O)(COc1ccc(C#N)c(F)c1)c1ccccc1. The highest BCUT2D eigenvalue weighted by Gasteiger charge is 2.23. The summed E-state index contributed by atoms with van der Waals surface area (Å²) in [5.74, 6) is -0.359. The molecular weight excluding hydrogens is 257 g/mol. The first kappa shape index (κ1) is 14.0. The minimum absolute atomic E-state index is 0.0116. The van der Waals surface area contributed by atoms with Crippen LogP contribution in [0.2, 0.25) is 0 Å². The molecule has 2 aromatic rings. The molecule has 1 atom stereocenters. The van der Waals surface area contributed by atoms with E-state index in [1.54, 1.807) is 25.1 Å². The summed E-state index contributed by atoms with van der Waals surface area (Å²) in [7, 11) is 0. The summed E-state index contributed by atoms with van der Waals surface area (Å²) in [6.07, 6.45) is 0. The van der Waals surface area contributed by atoms with Crippen LogP contribution in [0.5, 0.6) is 5.75 Å². The number of hydrogen-bond acceptors (Lipinski definition) is 3. The molecule has 0 radical (unpaired) electrons. The Morgan fingerprint density at radius 3 is 2.55 bits per heavy atom. The minimum atomic E-state index is -1.17. The largest absolute Gasteiger partial charge is 0.490 e. The van der Waals surface area contributed by atoms with Gasteiger partial charge in [0.05, 0.1) is 5.56 Å². The molecule has 20 heavy (non-hydrogen) atoms. The highest BCUT2D eigenvalue weighted by Crippen LogP contribution is 2.23. The van der Waals surface area contributed by atoms with E-state index in [9.17, 15) is 9.50 Å². The topological polar surface area (TPSA) is 53.2 Å². The maximum Gasteiger partial charge on any atom is 0.144 e. The summed E-state index contributed by atoms with van der Waals surface area (Å²) in [4.78, 5) is 0. The van der Waals surface area contributed by atoms with Gasteiger partial charge in [-0.15, -0.1) is 0 Å². The number of ether oxygens (including phenoxy) is 1. The van der Waals surface area contributed by atoms with Gasteiger partial charge in [-0.3, -0.25) is 0 Å². The van der Waals surface area contributed by atoms with Crippen molar-refractivity contribution in [3.63, 3.8) is 0 Å². The average Bonchev–Trinajstić information content (AvgIpc) is 2.46. The van der Waals surface area contributed by atoms with Gasteiger partial charge in [-0.05, 0) is 24.6 Å². The fourth-order valence-corrected chi connectivity index (χ4v) is 1.78. The van der Waals surface area contributed by atoms with E-state index in [0.29, 0.717) is 5.56 Å². The van der Waals surface area contributed by atoms with E-state index in [1.165, 1.54) is 12.1 Å². The normalized spacial score (nSPS) is 13.3. The van der Waals surface area contributed by atoms with Gasteiger partial charge in [0.1, 0.15) is 29.8 Å². The standard InChI is InChI=1S/C16H14FNO2/c1-16(19,13-5-3-2-4-6-13)11-20-14-8-7-12(10-18)15(17)9-14/h2-9,19H,11H2,1H3. The zero-order valence-corrected chi connectivity index (χ0v) is 11.0.